The number of nitrogens with one attached hydrogen (secondary N) is 1. The van der Waals surface area contributed by atoms with E-state index in [0.717, 1.165) is 6.26 Å². The van der Waals surface area contributed by atoms with E-state index in [-0.39, 0.29) is 17.0 Å². The second-order valence-corrected chi connectivity index (χ2v) is 6.52. The number of phenols is 1. The lowest BCUT2D eigenvalue weighted by molar-refractivity contribution is 0.130. The maximum absolute atomic E-state index is 11.0. The smallest absolute Gasteiger partial charge is 0.229 e. The number of aromatic hydroxyl groups is 1. The van der Waals surface area contributed by atoms with E-state index in [1.807, 2.05) is 20.8 Å². The highest BCUT2D eigenvalue weighted by atomic mass is 32.2. The number of ether oxygens (including phenoxy) is 1. The van der Waals surface area contributed by atoms with Crippen molar-refractivity contribution in [2.45, 2.75) is 26.4 Å². The Hall–Kier alpha value is -1.43. The van der Waals surface area contributed by atoms with Crippen molar-refractivity contribution in [2.24, 2.45) is 0 Å². The number of benzene rings is 1. The molecule has 0 amide bonds. The van der Waals surface area contributed by atoms with Crippen molar-refractivity contribution in [1.82, 2.24) is 0 Å². The van der Waals surface area contributed by atoms with E-state index in [4.69, 9.17) is 4.74 Å². The summed E-state index contributed by atoms with van der Waals surface area (Å²) in [6.45, 7) is 5.64. The highest BCUT2D eigenvalue weighted by Gasteiger charge is 2.14. The van der Waals surface area contributed by atoms with E-state index in [0.29, 0.717) is 5.75 Å². The van der Waals surface area contributed by atoms with Gasteiger partial charge in [0.05, 0.1) is 11.9 Å². The van der Waals surface area contributed by atoms with Crippen LogP contribution in [0.25, 0.3) is 0 Å². The number of hydrogen-bond acceptors (Lipinski definition) is 4. The predicted octanol–water partition coefficient (Wildman–Crippen LogP) is 1.94. The van der Waals surface area contributed by atoms with Crippen LogP contribution in [0.15, 0.2) is 18.2 Å². The predicted molar refractivity (Wildman–Crippen MR) is 67.0 cm³/mol. The van der Waals surface area contributed by atoms with E-state index >= 15 is 0 Å². The van der Waals surface area contributed by atoms with Gasteiger partial charge in [-0.05, 0) is 32.9 Å². The molecule has 0 aliphatic rings. The third kappa shape index (κ3) is 4.95. The summed E-state index contributed by atoms with van der Waals surface area (Å²) >= 11 is 0. The summed E-state index contributed by atoms with van der Waals surface area (Å²) in [6.07, 6.45) is 1.02. The summed E-state index contributed by atoms with van der Waals surface area (Å²) in [7, 11) is -3.40. The number of anilines is 1. The number of sulfonamides is 1. The first-order chi connectivity index (χ1) is 7.57. The zero-order valence-corrected chi connectivity index (χ0v) is 11.1. The van der Waals surface area contributed by atoms with Crippen LogP contribution in [0.4, 0.5) is 5.69 Å². The van der Waals surface area contributed by atoms with Gasteiger partial charge in [0.25, 0.3) is 0 Å². The molecule has 0 aliphatic carbocycles. The molecule has 0 saturated heterocycles. The van der Waals surface area contributed by atoms with E-state index in [1.165, 1.54) is 12.1 Å². The molecule has 0 aromatic heterocycles. The summed E-state index contributed by atoms with van der Waals surface area (Å²) in [6, 6.07) is 4.43. The fraction of sp³-hybridized carbons (Fsp3) is 0.455. The van der Waals surface area contributed by atoms with Gasteiger partial charge in [0.1, 0.15) is 17.1 Å². The average Bonchev–Trinajstić information content (AvgIpc) is 2.05. The molecular formula is C11H17NO4S. The zero-order chi connectivity index (χ0) is 13.3. The van der Waals surface area contributed by atoms with Crippen LogP contribution in [0.1, 0.15) is 20.8 Å². The molecule has 0 bridgehead atoms. The number of phenolic OH excluding ortho intramolecular Hbond substituents is 1. The first-order valence-electron chi connectivity index (χ1n) is 5.07. The van der Waals surface area contributed by atoms with Crippen LogP contribution >= 0.6 is 0 Å². The minimum Gasteiger partial charge on any atom is -0.506 e. The Balaban J connectivity index is 2.94. The summed E-state index contributed by atoms with van der Waals surface area (Å²) in [4.78, 5) is 0. The number of rotatable bonds is 3. The topological polar surface area (TPSA) is 75.6 Å². The molecule has 0 unspecified atom stereocenters. The van der Waals surface area contributed by atoms with Crippen molar-refractivity contribution in [3.8, 4) is 11.5 Å². The summed E-state index contributed by atoms with van der Waals surface area (Å²) in [5, 5.41) is 9.64. The van der Waals surface area contributed by atoms with E-state index in [1.54, 1.807) is 6.07 Å². The number of hydrogen-bond donors (Lipinski definition) is 2. The molecule has 96 valence electrons. The third-order valence-corrected chi connectivity index (χ3v) is 2.28. The summed E-state index contributed by atoms with van der Waals surface area (Å²) in [5.41, 5.74) is -0.244. The largest absolute Gasteiger partial charge is 0.506 e. The van der Waals surface area contributed by atoms with Gasteiger partial charge in [0, 0.05) is 6.07 Å². The van der Waals surface area contributed by atoms with Crippen molar-refractivity contribution >= 4 is 15.7 Å². The van der Waals surface area contributed by atoms with Crippen LogP contribution in [-0.2, 0) is 10.0 Å². The van der Waals surface area contributed by atoms with Gasteiger partial charge < -0.3 is 9.84 Å². The molecular weight excluding hydrogens is 242 g/mol. The molecule has 5 nitrogen and oxygen atoms in total. The molecule has 1 rings (SSSR count). The Morgan fingerprint density at radius 1 is 1.29 bits per heavy atom. The van der Waals surface area contributed by atoms with Crippen molar-refractivity contribution in [3.05, 3.63) is 18.2 Å². The van der Waals surface area contributed by atoms with Gasteiger partial charge in [-0.2, -0.15) is 0 Å². The van der Waals surface area contributed by atoms with Crippen molar-refractivity contribution < 1.29 is 18.3 Å². The fourth-order valence-corrected chi connectivity index (χ4v) is 1.79. The van der Waals surface area contributed by atoms with E-state index < -0.39 is 10.0 Å². The molecule has 0 heterocycles. The monoisotopic (exact) mass is 259 g/mol. The Morgan fingerprint density at radius 3 is 2.29 bits per heavy atom. The van der Waals surface area contributed by atoms with Gasteiger partial charge in [-0.3, -0.25) is 4.72 Å². The van der Waals surface area contributed by atoms with Crippen LogP contribution in [0.3, 0.4) is 0 Å². The standard InChI is InChI=1S/C11H17NO4S/c1-11(2,3)16-8-5-6-9(10(13)7-8)12-17(4,14)15/h5-7,12-13H,1-4H3. The van der Waals surface area contributed by atoms with Crippen molar-refractivity contribution in [1.29, 1.82) is 0 Å². The van der Waals surface area contributed by atoms with Gasteiger partial charge in [0.15, 0.2) is 0 Å². The normalized spacial score (nSPS) is 12.2. The molecule has 6 heteroatoms. The maximum atomic E-state index is 11.0. The van der Waals surface area contributed by atoms with Crippen LogP contribution < -0.4 is 9.46 Å². The van der Waals surface area contributed by atoms with E-state index in [9.17, 15) is 13.5 Å². The Kier molecular flexibility index (Phi) is 3.56. The van der Waals surface area contributed by atoms with Gasteiger partial charge in [0.2, 0.25) is 10.0 Å². The second kappa shape index (κ2) is 4.44. The van der Waals surface area contributed by atoms with Crippen LogP contribution in [0.5, 0.6) is 11.5 Å². The first-order valence-corrected chi connectivity index (χ1v) is 6.96. The Bertz CT molecular complexity index is 503. The highest BCUT2D eigenvalue weighted by Crippen LogP contribution is 2.30. The van der Waals surface area contributed by atoms with Crippen molar-refractivity contribution in [2.75, 3.05) is 11.0 Å². The average molecular weight is 259 g/mol. The molecule has 0 fully saturated rings. The van der Waals surface area contributed by atoms with E-state index in [2.05, 4.69) is 4.72 Å². The zero-order valence-electron chi connectivity index (χ0n) is 10.3. The molecule has 0 atom stereocenters. The molecule has 2 N–H and O–H groups in total. The van der Waals surface area contributed by atoms with Crippen molar-refractivity contribution in [3.63, 3.8) is 0 Å². The van der Waals surface area contributed by atoms with Crippen LogP contribution in [0.2, 0.25) is 0 Å². The third-order valence-electron chi connectivity index (χ3n) is 1.69. The van der Waals surface area contributed by atoms with Gasteiger partial charge in [-0.15, -0.1) is 0 Å². The van der Waals surface area contributed by atoms with Gasteiger partial charge >= 0.3 is 0 Å². The summed E-state index contributed by atoms with van der Waals surface area (Å²) in [5.74, 6) is 0.311. The molecule has 17 heavy (non-hydrogen) atoms. The molecule has 0 spiro atoms. The van der Waals surface area contributed by atoms with Gasteiger partial charge in [-0.25, -0.2) is 8.42 Å². The molecule has 1 aromatic rings. The Morgan fingerprint density at radius 2 is 1.88 bits per heavy atom. The SMILES string of the molecule is CC(C)(C)Oc1ccc(NS(C)(=O)=O)c(O)c1. The lowest BCUT2D eigenvalue weighted by Crippen LogP contribution is -2.22. The quantitative estimate of drug-likeness (QED) is 0.813. The van der Waals surface area contributed by atoms with Crippen LogP contribution in [0, 0.1) is 0 Å². The second-order valence-electron chi connectivity index (χ2n) is 4.77. The first kappa shape index (κ1) is 13.6. The lowest BCUT2D eigenvalue weighted by Gasteiger charge is -2.21. The van der Waals surface area contributed by atoms with Gasteiger partial charge in [-0.1, -0.05) is 0 Å². The summed E-state index contributed by atoms with van der Waals surface area (Å²) < 4.78 is 29.8. The molecule has 0 radical (unpaired) electrons. The lowest BCUT2D eigenvalue weighted by atomic mass is 10.2. The molecule has 0 aliphatic heterocycles. The minimum absolute atomic E-state index is 0.133. The Labute approximate surface area is 101 Å². The maximum Gasteiger partial charge on any atom is 0.229 e. The molecule has 0 saturated carbocycles. The highest BCUT2D eigenvalue weighted by molar-refractivity contribution is 7.92. The molecule has 1 aromatic carbocycles. The minimum atomic E-state index is -3.40. The van der Waals surface area contributed by atoms with Crippen LogP contribution in [-0.4, -0.2) is 25.4 Å². The fourth-order valence-electron chi connectivity index (χ4n) is 1.21.